The lowest BCUT2D eigenvalue weighted by Gasteiger charge is -2.36. The SMILES string of the molecule is O=c1[nH]c(CNC2CC(c3ccc(F)cc3)C2)cs1. The van der Waals surface area contributed by atoms with Crippen molar-refractivity contribution in [2.75, 3.05) is 0 Å². The van der Waals surface area contributed by atoms with Crippen LogP contribution in [0, 0.1) is 5.82 Å². The third kappa shape index (κ3) is 2.93. The maximum absolute atomic E-state index is 12.8. The third-order valence-corrected chi connectivity index (χ3v) is 4.35. The molecule has 2 N–H and O–H groups in total. The van der Waals surface area contributed by atoms with Crippen LogP contribution in [0.1, 0.15) is 30.0 Å². The van der Waals surface area contributed by atoms with Gasteiger partial charge >= 0.3 is 4.87 Å². The first kappa shape index (κ1) is 12.6. The van der Waals surface area contributed by atoms with Crippen molar-refractivity contribution in [3.05, 3.63) is 56.4 Å². The molecule has 0 aliphatic heterocycles. The van der Waals surface area contributed by atoms with Crippen LogP contribution in [0.4, 0.5) is 4.39 Å². The molecule has 19 heavy (non-hydrogen) atoms. The number of aromatic amines is 1. The summed E-state index contributed by atoms with van der Waals surface area (Å²) in [4.78, 5) is 13.8. The summed E-state index contributed by atoms with van der Waals surface area (Å²) in [5.41, 5.74) is 2.16. The summed E-state index contributed by atoms with van der Waals surface area (Å²) in [7, 11) is 0. The lowest BCUT2D eigenvalue weighted by atomic mass is 9.76. The molecular formula is C14H15FN2OS. The number of thiazole rings is 1. The van der Waals surface area contributed by atoms with Gasteiger partial charge in [0.15, 0.2) is 0 Å². The van der Waals surface area contributed by atoms with E-state index in [1.54, 1.807) is 0 Å². The molecule has 0 bridgehead atoms. The van der Waals surface area contributed by atoms with Crippen LogP contribution in [0.3, 0.4) is 0 Å². The zero-order chi connectivity index (χ0) is 13.2. The summed E-state index contributed by atoms with van der Waals surface area (Å²) in [6.07, 6.45) is 2.14. The highest BCUT2D eigenvalue weighted by Gasteiger charge is 2.29. The molecule has 0 unspecified atom stereocenters. The fourth-order valence-corrected chi connectivity index (χ4v) is 3.03. The molecule has 0 atom stereocenters. The predicted octanol–water partition coefficient (Wildman–Crippen LogP) is 2.61. The molecular weight excluding hydrogens is 263 g/mol. The lowest BCUT2D eigenvalue weighted by molar-refractivity contribution is 0.288. The van der Waals surface area contributed by atoms with Gasteiger partial charge in [-0.15, -0.1) is 0 Å². The Morgan fingerprint density at radius 1 is 1.32 bits per heavy atom. The normalized spacial score (nSPS) is 22.2. The molecule has 100 valence electrons. The van der Waals surface area contributed by atoms with Crippen molar-refractivity contribution in [2.24, 2.45) is 0 Å². The van der Waals surface area contributed by atoms with E-state index in [1.165, 1.54) is 29.0 Å². The maximum Gasteiger partial charge on any atom is 0.304 e. The number of H-pyrrole nitrogens is 1. The van der Waals surface area contributed by atoms with Crippen LogP contribution in [0.2, 0.25) is 0 Å². The van der Waals surface area contributed by atoms with E-state index in [4.69, 9.17) is 0 Å². The number of nitrogens with one attached hydrogen (secondary N) is 2. The Labute approximate surface area is 114 Å². The molecule has 0 radical (unpaired) electrons. The molecule has 0 amide bonds. The lowest BCUT2D eigenvalue weighted by Crippen LogP contribution is -2.39. The number of benzene rings is 1. The zero-order valence-electron chi connectivity index (χ0n) is 10.4. The van der Waals surface area contributed by atoms with Crippen molar-refractivity contribution >= 4 is 11.3 Å². The first-order valence-corrected chi connectivity index (χ1v) is 7.24. The number of halogens is 1. The highest BCUT2D eigenvalue weighted by molar-refractivity contribution is 7.07. The van der Waals surface area contributed by atoms with E-state index in [0.717, 1.165) is 18.5 Å². The molecule has 1 heterocycles. The largest absolute Gasteiger partial charge is 0.315 e. The minimum absolute atomic E-state index is 0.00500. The Kier molecular flexibility index (Phi) is 3.48. The highest BCUT2D eigenvalue weighted by atomic mass is 32.1. The molecule has 0 spiro atoms. The van der Waals surface area contributed by atoms with Gasteiger partial charge in [0.25, 0.3) is 0 Å². The predicted molar refractivity (Wildman–Crippen MR) is 73.9 cm³/mol. The van der Waals surface area contributed by atoms with Gasteiger partial charge in [-0.25, -0.2) is 4.39 Å². The molecule has 1 aromatic carbocycles. The average molecular weight is 278 g/mol. The molecule has 1 saturated carbocycles. The quantitative estimate of drug-likeness (QED) is 0.903. The maximum atomic E-state index is 12.8. The van der Waals surface area contributed by atoms with Gasteiger partial charge in [-0.05, 0) is 36.5 Å². The fraction of sp³-hybridized carbons (Fsp3) is 0.357. The van der Waals surface area contributed by atoms with E-state index >= 15 is 0 Å². The molecule has 0 saturated heterocycles. The van der Waals surface area contributed by atoms with Gasteiger partial charge in [0.2, 0.25) is 0 Å². The highest BCUT2D eigenvalue weighted by Crippen LogP contribution is 2.36. The number of aromatic nitrogens is 1. The van der Waals surface area contributed by atoms with Gasteiger partial charge in [-0.1, -0.05) is 23.5 Å². The average Bonchev–Trinajstić information content (AvgIpc) is 2.75. The van der Waals surface area contributed by atoms with Crippen molar-refractivity contribution < 1.29 is 4.39 Å². The van der Waals surface area contributed by atoms with Crippen molar-refractivity contribution in [3.63, 3.8) is 0 Å². The molecule has 2 aromatic rings. The second-order valence-corrected chi connectivity index (χ2v) is 5.81. The van der Waals surface area contributed by atoms with Crippen molar-refractivity contribution in [1.29, 1.82) is 0 Å². The molecule has 1 aliphatic carbocycles. The first-order valence-electron chi connectivity index (χ1n) is 6.36. The second-order valence-electron chi connectivity index (χ2n) is 4.97. The molecule has 3 nitrogen and oxygen atoms in total. The fourth-order valence-electron chi connectivity index (χ4n) is 2.45. The van der Waals surface area contributed by atoms with Crippen LogP contribution < -0.4 is 10.2 Å². The Morgan fingerprint density at radius 3 is 2.68 bits per heavy atom. The Bertz CT molecular complexity index is 598. The van der Waals surface area contributed by atoms with Crippen molar-refractivity contribution in [2.45, 2.75) is 31.3 Å². The van der Waals surface area contributed by atoms with Crippen LogP contribution >= 0.6 is 11.3 Å². The monoisotopic (exact) mass is 278 g/mol. The summed E-state index contributed by atoms with van der Waals surface area (Å²) in [5.74, 6) is 0.346. The van der Waals surface area contributed by atoms with Gasteiger partial charge in [0.05, 0.1) is 0 Å². The molecule has 3 rings (SSSR count). The summed E-state index contributed by atoms with van der Waals surface area (Å²) in [6.45, 7) is 0.708. The van der Waals surface area contributed by atoms with E-state index in [9.17, 15) is 9.18 Å². The summed E-state index contributed by atoms with van der Waals surface area (Å²) >= 11 is 1.19. The Morgan fingerprint density at radius 2 is 2.05 bits per heavy atom. The summed E-state index contributed by atoms with van der Waals surface area (Å²) in [5, 5.41) is 5.27. The molecule has 1 aromatic heterocycles. The molecule has 5 heteroatoms. The van der Waals surface area contributed by atoms with E-state index in [2.05, 4.69) is 10.3 Å². The Balaban J connectivity index is 1.47. The van der Waals surface area contributed by atoms with Crippen molar-refractivity contribution in [3.8, 4) is 0 Å². The van der Waals surface area contributed by atoms with E-state index in [1.807, 2.05) is 17.5 Å². The van der Waals surface area contributed by atoms with E-state index < -0.39 is 0 Å². The van der Waals surface area contributed by atoms with Crippen molar-refractivity contribution in [1.82, 2.24) is 10.3 Å². The Hall–Kier alpha value is -1.46. The van der Waals surface area contributed by atoms with Gasteiger partial charge in [-0.2, -0.15) is 0 Å². The minimum Gasteiger partial charge on any atom is -0.315 e. The van der Waals surface area contributed by atoms with Gasteiger partial charge < -0.3 is 10.3 Å². The first-order chi connectivity index (χ1) is 9.20. The van der Waals surface area contributed by atoms with Crippen LogP contribution in [0.15, 0.2) is 34.4 Å². The van der Waals surface area contributed by atoms with Crippen LogP contribution in [-0.4, -0.2) is 11.0 Å². The molecule has 1 fully saturated rings. The number of hydrogen-bond donors (Lipinski definition) is 2. The number of rotatable bonds is 4. The second kappa shape index (κ2) is 5.27. The van der Waals surface area contributed by atoms with Crippen LogP contribution in [0.5, 0.6) is 0 Å². The van der Waals surface area contributed by atoms with Gasteiger partial charge in [0, 0.05) is 23.7 Å². The van der Waals surface area contributed by atoms with E-state index in [-0.39, 0.29) is 10.7 Å². The zero-order valence-corrected chi connectivity index (χ0v) is 11.2. The molecule has 1 aliphatic rings. The smallest absolute Gasteiger partial charge is 0.304 e. The van der Waals surface area contributed by atoms with Crippen LogP contribution in [-0.2, 0) is 6.54 Å². The van der Waals surface area contributed by atoms with Crippen LogP contribution in [0.25, 0.3) is 0 Å². The third-order valence-electron chi connectivity index (χ3n) is 3.63. The number of hydrogen-bond acceptors (Lipinski definition) is 3. The van der Waals surface area contributed by atoms with Gasteiger partial charge in [-0.3, -0.25) is 4.79 Å². The van der Waals surface area contributed by atoms with Gasteiger partial charge in [0.1, 0.15) is 5.82 Å². The topological polar surface area (TPSA) is 44.9 Å². The summed E-state index contributed by atoms with van der Waals surface area (Å²) < 4.78 is 12.8. The summed E-state index contributed by atoms with van der Waals surface area (Å²) in [6, 6.07) is 7.26. The standard InChI is InChI=1S/C14H15FN2OS/c15-11-3-1-9(2-4-11)10-5-12(6-10)16-7-13-8-19-14(18)17-13/h1-4,8,10,12,16H,5-7H2,(H,17,18). The minimum atomic E-state index is -0.181. The van der Waals surface area contributed by atoms with E-state index in [0.29, 0.717) is 18.5 Å².